The topological polar surface area (TPSA) is 51.8 Å². The Balaban J connectivity index is 2.22. The van der Waals surface area contributed by atoms with Crippen LogP contribution in [0.1, 0.15) is 25.6 Å². The lowest BCUT2D eigenvalue weighted by Gasteiger charge is -2.05. The molecule has 0 fully saturated rings. The van der Waals surface area contributed by atoms with E-state index in [4.69, 9.17) is 27.7 Å². The second-order valence-electron chi connectivity index (χ2n) is 4.72. The number of hydrogen-bond acceptors (Lipinski definition) is 4. The Hall–Kier alpha value is -1.65. The lowest BCUT2D eigenvalue weighted by atomic mass is 10.2. The van der Waals surface area contributed by atoms with Gasteiger partial charge in [-0.3, -0.25) is 0 Å². The van der Waals surface area contributed by atoms with E-state index in [9.17, 15) is 0 Å². The molecule has 0 saturated carbocycles. The Labute approximate surface area is 125 Å². The Bertz CT molecular complexity index is 783. The van der Waals surface area contributed by atoms with Crippen molar-refractivity contribution in [3.05, 3.63) is 40.1 Å². The van der Waals surface area contributed by atoms with Gasteiger partial charge < -0.3 is 4.52 Å². The van der Waals surface area contributed by atoms with Crippen molar-refractivity contribution in [2.45, 2.75) is 19.8 Å². The molecule has 0 radical (unpaired) electrons. The summed E-state index contributed by atoms with van der Waals surface area (Å²) >= 11 is 12.6. The molecule has 0 aliphatic heterocycles. The standard InChI is InChI=1S/C14H11Cl2N3O/c1-7(2)13-18-14(20-19-13)12-11(16)10(15)8-5-3-4-6-9(8)17-12/h3-7H,1-2H3. The summed E-state index contributed by atoms with van der Waals surface area (Å²) in [7, 11) is 0. The normalized spacial score (nSPS) is 11.4. The van der Waals surface area contributed by atoms with Crippen molar-refractivity contribution in [1.29, 1.82) is 0 Å². The zero-order chi connectivity index (χ0) is 14.3. The highest BCUT2D eigenvalue weighted by atomic mass is 35.5. The first kappa shape index (κ1) is 13.3. The van der Waals surface area contributed by atoms with Crippen LogP contribution < -0.4 is 0 Å². The minimum absolute atomic E-state index is 0.169. The van der Waals surface area contributed by atoms with Crippen LogP contribution in [0.4, 0.5) is 0 Å². The molecule has 4 nitrogen and oxygen atoms in total. The molecule has 0 aliphatic rings. The number of hydrogen-bond donors (Lipinski definition) is 0. The maximum Gasteiger partial charge on any atom is 0.278 e. The summed E-state index contributed by atoms with van der Waals surface area (Å²) in [6.45, 7) is 3.97. The van der Waals surface area contributed by atoms with Gasteiger partial charge in [0.1, 0.15) is 5.69 Å². The van der Waals surface area contributed by atoms with Gasteiger partial charge in [0.2, 0.25) is 0 Å². The van der Waals surface area contributed by atoms with Gasteiger partial charge >= 0.3 is 0 Å². The lowest BCUT2D eigenvalue weighted by molar-refractivity contribution is 0.418. The van der Waals surface area contributed by atoms with E-state index in [1.165, 1.54) is 0 Å². The number of fused-ring (bicyclic) bond motifs is 1. The molecule has 0 bridgehead atoms. The summed E-state index contributed by atoms with van der Waals surface area (Å²) in [6.07, 6.45) is 0. The van der Waals surface area contributed by atoms with Crippen LogP contribution in [0.2, 0.25) is 10.0 Å². The first-order chi connectivity index (χ1) is 9.58. The molecule has 0 amide bonds. The van der Waals surface area contributed by atoms with Crippen LogP contribution in [0.3, 0.4) is 0 Å². The van der Waals surface area contributed by atoms with Crippen molar-refractivity contribution < 1.29 is 4.52 Å². The molecule has 0 aliphatic carbocycles. The van der Waals surface area contributed by atoms with Gasteiger partial charge in [0.25, 0.3) is 5.89 Å². The van der Waals surface area contributed by atoms with Crippen molar-refractivity contribution in [1.82, 2.24) is 15.1 Å². The average Bonchev–Trinajstić information content (AvgIpc) is 2.92. The van der Waals surface area contributed by atoms with Crippen LogP contribution in [0.15, 0.2) is 28.8 Å². The quantitative estimate of drug-likeness (QED) is 0.687. The average molecular weight is 308 g/mol. The number of halogens is 2. The van der Waals surface area contributed by atoms with E-state index in [-0.39, 0.29) is 11.8 Å². The van der Waals surface area contributed by atoms with E-state index >= 15 is 0 Å². The molecule has 2 aromatic heterocycles. The number of pyridine rings is 1. The van der Waals surface area contributed by atoms with Gasteiger partial charge in [-0.25, -0.2) is 4.98 Å². The number of rotatable bonds is 2. The van der Waals surface area contributed by atoms with Crippen LogP contribution in [0, 0.1) is 0 Å². The molecule has 1 aromatic carbocycles. The largest absolute Gasteiger partial charge is 0.332 e. The van der Waals surface area contributed by atoms with E-state index in [1.54, 1.807) is 0 Å². The summed E-state index contributed by atoms with van der Waals surface area (Å²) in [4.78, 5) is 8.77. The van der Waals surface area contributed by atoms with Gasteiger partial charge in [0.05, 0.1) is 15.6 Å². The number of benzene rings is 1. The van der Waals surface area contributed by atoms with Crippen molar-refractivity contribution in [2.24, 2.45) is 0 Å². The third-order valence-electron chi connectivity index (χ3n) is 2.93. The van der Waals surface area contributed by atoms with Gasteiger partial charge in [0, 0.05) is 11.3 Å². The number of para-hydroxylation sites is 1. The highest BCUT2D eigenvalue weighted by Crippen LogP contribution is 2.36. The number of aromatic nitrogens is 3. The summed E-state index contributed by atoms with van der Waals surface area (Å²) in [5, 5.41) is 5.48. The third-order valence-corrected chi connectivity index (χ3v) is 3.79. The summed E-state index contributed by atoms with van der Waals surface area (Å²) in [5.74, 6) is 1.07. The van der Waals surface area contributed by atoms with E-state index in [0.29, 0.717) is 21.6 Å². The fourth-order valence-electron chi connectivity index (χ4n) is 1.86. The van der Waals surface area contributed by atoms with Gasteiger partial charge in [-0.2, -0.15) is 4.98 Å². The maximum absolute atomic E-state index is 6.29. The van der Waals surface area contributed by atoms with Crippen LogP contribution in [0.25, 0.3) is 22.5 Å². The van der Waals surface area contributed by atoms with Crippen LogP contribution in [0.5, 0.6) is 0 Å². The molecule has 0 atom stereocenters. The molecule has 20 heavy (non-hydrogen) atoms. The predicted octanol–water partition coefficient (Wildman–Crippen LogP) is 4.72. The van der Waals surface area contributed by atoms with E-state index in [1.807, 2.05) is 38.1 Å². The Morgan fingerprint density at radius 1 is 1.05 bits per heavy atom. The second-order valence-corrected chi connectivity index (χ2v) is 5.47. The van der Waals surface area contributed by atoms with Crippen molar-refractivity contribution >= 4 is 34.1 Å². The molecular weight excluding hydrogens is 297 g/mol. The van der Waals surface area contributed by atoms with Crippen LogP contribution in [-0.2, 0) is 0 Å². The predicted molar refractivity (Wildman–Crippen MR) is 79.1 cm³/mol. The fraction of sp³-hybridized carbons (Fsp3) is 0.214. The Morgan fingerprint density at radius 3 is 2.50 bits per heavy atom. The van der Waals surface area contributed by atoms with E-state index < -0.39 is 0 Å². The molecule has 3 aromatic rings. The highest BCUT2D eigenvalue weighted by molar-refractivity contribution is 6.46. The molecule has 0 spiro atoms. The molecule has 6 heteroatoms. The maximum atomic E-state index is 6.29. The van der Waals surface area contributed by atoms with Crippen LogP contribution in [-0.4, -0.2) is 15.1 Å². The number of nitrogens with zero attached hydrogens (tertiary/aromatic N) is 3. The molecule has 0 N–H and O–H groups in total. The van der Waals surface area contributed by atoms with Crippen molar-refractivity contribution in [3.8, 4) is 11.6 Å². The molecular formula is C14H11Cl2N3O. The molecule has 0 saturated heterocycles. The zero-order valence-electron chi connectivity index (χ0n) is 10.9. The Morgan fingerprint density at radius 2 is 1.80 bits per heavy atom. The first-order valence-electron chi connectivity index (χ1n) is 6.15. The lowest BCUT2D eigenvalue weighted by Crippen LogP contribution is -1.92. The van der Waals surface area contributed by atoms with Gasteiger partial charge in [-0.05, 0) is 6.07 Å². The minimum Gasteiger partial charge on any atom is -0.332 e. The zero-order valence-corrected chi connectivity index (χ0v) is 12.4. The summed E-state index contributed by atoms with van der Waals surface area (Å²) < 4.78 is 5.23. The minimum atomic E-state index is 0.169. The third kappa shape index (κ3) is 2.15. The van der Waals surface area contributed by atoms with E-state index in [0.717, 1.165) is 10.9 Å². The van der Waals surface area contributed by atoms with Crippen LogP contribution >= 0.6 is 23.2 Å². The van der Waals surface area contributed by atoms with Gasteiger partial charge in [-0.15, -0.1) is 0 Å². The second kappa shape index (κ2) is 5.04. The summed E-state index contributed by atoms with van der Waals surface area (Å²) in [5.41, 5.74) is 1.15. The van der Waals surface area contributed by atoms with Crippen molar-refractivity contribution in [2.75, 3.05) is 0 Å². The SMILES string of the molecule is CC(C)c1noc(-c2nc3ccccc3c(Cl)c2Cl)n1. The molecule has 2 heterocycles. The van der Waals surface area contributed by atoms with E-state index in [2.05, 4.69) is 15.1 Å². The fourth-order valence-corrected chi connectivity index (χ4v) is 2.33. The smallest absolute Gasteiger partial charge is 0.278 e. The van der Waals surface area contributed by atoms with Crippen molar-refractivity contribution in [3.63, 3.8) is 0 Å². The summed E-state index contributed by atoms with van der Waals surface area (Å²) in [6, 6.07) is 7.50. The monoisotopic (exact) mass is 307 g/mol. The highest BCUT2D eigenvalue weighted by Gasteiger charge is 2.19. The molecule has 102 valence electrons. The van der Waals surface area contributed by atoms with Gasteiger partial charge in [-0.1, -0.05) is 60.4 Å². The Kier molecular flexibility index (Phi) is 3.36. The molecule has 3 rings (SSSR count). The first-order valence-corrected chi connectivity index (χ1v) is 6.91. The van der Waals surface area contributed by atoms with Gasteiger partial charge in [0.15, 0.2) is 5.82 Å². The molecule has 0 unspecified atom stereocenters.